The summed E-state index contributed by atoms with van der Waals surface area (Å²) >= 11 is 1.27. The summed E-state index contributed by atoms with van der Waals surface area (Å²) < 4.78 is 28.1. The molecule has 0 unspecified atom stereocenters. The molecular weight excluding hydrogens is 326 g/mol. The monoisotopic (exact) mass is 343 g/mol. The molecule has 3 rings (SSSR count). The zero-order valence-corrected chi connectivity index (χ0v) is 14.3. The zero-order chi connectivity index (χ0) is 16.3. The minimum Gasteiger partial charge on any atom is -0.279 e. The number of para-hydroxylation sites is 1. The number of benzene rings is 2. The minimum absolute atomic E-state index is 0.338. The van der Waals surface area contributed by atoms with Gasteiger partial charge in [0.05, 0.1) is 5.69 Å². The van der Waals surface area contributed by atoms with Crippen LogP contribution in [0.3, 0.4) is 0 Å². The van der Waals surface area contributed by atoms with Crippen molar-refractivity contribution in [1.29, 1.82) is 0 Å². The van der Waals surface area contributed by atoms with Crippen molar-refractivity contribution in [2.75, 3.05) is 4.72 Å². The number of hydrogen-bond acceptors (Lipinski definition) is 3. The number of anilines is 1. The van der Waals surface area contributed by atoms with E-state index in [4.69, 9.17) is 0 Å². The van der Waals surface area contributed by atoms with Gasteiger partial charge in [0, 0.05) is 4.88 Å². The zero-order valence-electron chi connectivity index (χ0n) is 12.7. The molecule has 0 aliphatic carbocycles. The van der Waals surface area contributed by atoms with Crippen LogP contribution in [0.4, 0.5) is 5.69 Å². The summed E-state index contributed by atoms with van der Waals surface area (Å²) in [6.07, 6.45) is 0.684. The largest absolute Gasteiger partial charge is 0.279 e. The van der Waals surface area contributed by atoms with Crippen molar-refractivity contribution in [2.24, 2.45) is 0 Å². The fraction of sp³-hybridized carbons (Fsp3) is 0.111. The molecule has 1 aromatic heterocycles. The van der Waals surface area contributed by atoms with E-state index in [1.54, 1.807) is 12.1 Å². The lowest BCUT2D eigenvalue weighted by molar-refractivity contribution is 0.603. The number of nitrogens with one attached hydrogen (secondary N) is 1. The van der Waals surface area contributed by atoms with Gasteiger partial charge in [-0.1, -0.05) is 48.5 Å². The van der Waals surface area contributed by atoms with Crippen LogP contribution >= 0.6 is 11.3 Å². The molecule has 3 aromatic rings. The van der Waals surface area contributed by atoms with Crippen LogP contribution in [0.15, 0.2) is 70.9 Å². The Hall–Kier alpha value is -2.11. The molecule has 0 atom stereocenters. The molecule has 0 fully saturated rings. The van der Waals surface area contributed by atoms with E-state index in [0.29, 0.717) is 16.3 Å². The molecule has 0 spiro atoms. The van der Waals surface area contributed by atoms with E-state index in [-0.39, 0.29) is 0 Å². The third-order valence-electron chi connectivity index (χ3n) is 3.48. The SMILES string of the molecule is Cc1ccc(S(=O)(=O)Nc2ccccc2Cc2ccccc2)s1. The molecular formula is C18H17NO2S2. The standard InChI is InChI=1S/C18H17NO2S2/c1-14-11-12-18(22-14)23(20,21)19-17-10-6-5-9-16(17)13-15-7-3-2-4-8-15/h2-12,19H,13H2,1H3. The first-order valence-electron chi connectivity index (χ1n) is 7.26. The Bertz CT molecular complexity index is 900. The van der Waals surface area contributed by atoms with E-state index in [9.17, 15) is 8.42 Å². The van der Waals surface area contributed by atoms with E-state index in [1.807, 2.05) is 61.5 Å². The van der Waals surface area contributed by atoms with Crippen LogP contribution in [0.25, 0.3) is 0 Å². The molecule has 0 aliphatic heterocycles. The molecule has 0 bridgehead atoms. The first kappa shape index (κ1) is 15.8. The van der Waals surface area contributed by atoms with Gasteiger partial charge >= 0.3 is 0 Å². The molecule has 0 saturated heterocycles. The number of rotatable bonds is 5. The van der Waals surface area contributed by atoms with E-state index in [0.717, 1.165) is 16.0 Å². The fourth-order valence-electron chi connectivity index (χ4n) is 2.34. The maximum Gasteiger partial charge on any atom is 0.271 e. The van der Waals surface area contributed by atoms with Gasteiger partial charge in [-0.15, -0.1) is 11.3 Å². The maximum atomic E-state index is 12.5. The molecule has 0 radical (unpaired) electrons. The predicted molar refractivity (Wildman–Crippen MR) is 95.6 cm³/mol. The summed E-state index contributed by atoms with van der Waals surface area (Å²) in [4.78, 5) is 0.975. The lowest BCUT2D eigenvalue weighted by Crippen LogP contribution is -2.13. The number of hydrogen-bond donors (Lipinski definition) is 1. The van der Waals surface area contributed by atoms with Crippen molar-refractivity contribution in [3.63, 3.8) is 0 Å². The summed E-state index contributed by atoms with van der Waals surface area (Å²) in [6.45, 7) is 1.90. The summed E-state index contributed by atoms with van der Waals surface area (Å²) in [7, 11) is -3.54. The maximum absolute atomic E-state index is 12.5. The predicted octanol–water partition coefficient (Wildman–Crippen LogP) is 4.45. The highest BCUT2D eigenvalue weighted by Crippen LogP contribution is 2.26. The second-order valence-electron chi connectivity index (χ2n) is 5.29. The third-order valence-corrected chi connectivity index (χ3v) is 6.34. The van der Waals surface area contributed by atoms with Gasteiger partial charge in [0.2, 0.25) is 0 Å². The van der Waals surface area contributed by atoms with Gasteiger partial charge < -0.3 is 0 Å². The Morgan fingerprint density at radius 2 is 1.61 bits per heavy atom. The van der Waals surface area contributed by atoms with E-state index >= 15 is 0 Å². The van der Waals surface area contributed by atoms with Crippen LogP contribution in [0.1, 0.15) is 16.0 Å². The van der Waals surface area contributed by atoms with Crippen LogP contribution in [0.2, 0.25) is 0 Å². The first-order chi connectivity index (χ1) is 11.0. The van der Waals surface area contributed by atoms with Crippen LogP contribution in [-0.4, -0.2) is 8.42 Å². The summed E-state index contributed by atoms with van der Waals surface area (Å²) in [6, 6.07) is 21.0. The van der Waals surface area contributed by atoms with Gasteiger partial charge in [0.15, 0.2) is 0 Å². The summed E-state index contributed by atoms with van der Waals surface area (Å²) in [5.74, 6) is 0. The van der Waals surface area contributed by atoms with Crippen molar-refractivity contribution in [3.05, 3.63) is 82.7 Å². The smallest absolute Gasteiger partial charge is 0.271 e. The number of thiophene rings is 1. The minimum atomic E-state index is -3.54. The van der Waals surface area contributed by atoms with Crippen molar-refractivity contribution >= 4 is 27.0 Å². The molecule has 23 heavy (non-hydrogen) atoms. The Balaban J connectivity index is 1.89. The first-order valence-corrected chi connectivity index (χ1v) is 9.56. The molecule has 0 amide bonds. The highest BCUT2D eigenvalue weighted by atomic mass is 32.2. The van der Waals surface area contributed by atoms with E-state index in [2.05, 4.69) is 4.72 Å². The van der Waals surface area contributed by atoms with Gasteiger partial charge in [-0.25, -0.2) is 8.42 Å². The van der Waals surface area contributed by atoms with Crippen molar-refractivity contribution in [2.45, 2.75) is 17.6 Å². The Morgan fingerprint density at radius 3 is 2.30 bits per heavy atom. The number of sulfonamides is 1. The summed E-state index contributed by atoms with van der Waals surface area (Å²) in [5.41, 5.74) is 2.73. The van der Waals surface area contributed by atoms with Crippen LogP contribution in [-0.2, 0) is 16.4 Å². The Morgan fingerprint density at radius 1 is 0.913 bits per heavy atom. The van der Waals surface area contributed by atoms with E-state index in [1.165, 1.54) is 11.3 Å². The Labute approximate surface area is 140 Å². The molecule has 3 nitrogen and oxygen atoms in total. The average Bonchev–Trinajstić information content (AvgIpc) is 2.98. The van der Waals surface area contributed by atoms with Gasteiger partial charge in [-0.3, -0.25) is 4.72 Å². The Kier molecular flexibility index (Phi) is 4.50. The second-order valence-corrected chi connectivity index (χ2v) is 8.49. The third kappa shape index (κ3) is 3.81. The van der Waals surface area contributed by atoms with Crippen LogP contribution in [0, 0.1) is 6.92 Å². The second kappa shape index (κ2) is 6.56. The van der Waals surface area contributed by atoms with Crippen molar-refractivity contribution in [1.82, 2.24) is 0 Å². The van der Waals surface area contributed by atoms with Gasteiger partial charge in [-0.2, -0.15) is 0 Å². The average molecular weight is 343 g/mol. The van der Waals surface area contributed by atoms with Crippen molar-refractivity contribution < 1.29 is 8.42 Å². The topological polar surface area (TPSA) is 46.2 Å². The molecule has 1 heterocycles. The van der Waals surface area contributed by atoms with E-state index < -0.39 is 10.0 Å². The molecule has 0 saturated carbocycles. The highest BCUT2D eigenvalue weighted by Gasteiger charge is 2.17. The molecule has 118 valence electrons. The van der Waals surface area contributed by atoms with Crippen LogP contribution in [0.5, 0.6) is 0 Å². The van der Waals surface area contributed by atoms with Crippen molar-refractivity contribution in [3.8, 4) is 0 Å². The van der Waals surface area contributed by atoms with Gasteiger partial charge in [0.25, 0.3) is 10.0 Å². The lowest BCUT2D eigenvalue weighted by Gasteiger charge is -2.12. The highest BCUT2D eigenvalue weighted by molar-refractivity contribution is 7.94. The normalized spacial score (nSPS) is 11.3. The molecule has 1 N–H and O–H groups in total. The quantitative estimate of drug-likeness (QED) is 0.744. The molecule has 2 aromatic carbocycles. The lowest BCUT2D eigenvalue weighted by atomic mass is 10.0. The van der Waals surface area contributed by atoms with Gasteiger partial charge in [0.1, 0.15) is 4.21 Å². The molecule has 0 aliphatic rings. The summed E-state index contributed by atoms with van der Waals surface area (Å²) in [5, 5.41) is 0. The molecule has 5 heteroatoms. The van der Waals surface area contributed by atoms with Gasteiger partial charge in [-0.05, 0) is 42.7 Å². The fourth-order valence-corrected chi connectivity index (χ4v) is 4.73. The number of aryl methyl sites for hydroxylation is 1. The van der Waals surface area contributed by atoms with Crippen LogP contribution < -0.4 is 4.72 Å².